The van der Waals surface area contributed by atoms with Crippen LogP contribution in [0.5, 0.6) is 0 Å². The summed E-state index contributed by atoms with van der Waals surface area (Å²) in [5.41, 5.74) is 2.31. The van der Waals surface area contributed by atoms with E-state index in [1.165, 1.54) is 0 Å². The lowest BCUT2D eigenvalue weighted by atomic mass is 9.94. The van der Waals surface area contributed by atoms with Crippen LogP contribution in [0.4, 0.5) is 8.78 Å². The van der Waals surface area contributed by atoms with Crippen LogP contribution in [0.25, 0.3) is 11.1 Å². The predicted octanol–water partition coefficient (Wildman–Crippen LogP) is 5.00. The fraction of sp³-hybridized carbons (Fsp3) is 0.111. The highest BCUT2D eigenvalue weighted by molar-refractivity contribution is 9.10. The molecular weight excluding hydrogens is 398 g/mol. The first-order valence-electron chi connectivity index (χ1n) is 7.13. The number of rotatable bonds is 3. The maximum absolute atomic E-state index is 14.5. The fourth-order valence-electron chi connectivity index (χ4n) is 2.69. The Bertz CT molecular complexity index is 975. The summed E-state index contributed by atoms with van der Waals surface area (Å²) in [5.74, 6) is -1.70. The maximum atomic E-state index is 14.5. The Hall–Kier alpha value is -1.79. The minimum atomic E-state index is -3.82. The summed E-state index contributed by atoms with van der Waals surface area (Å²) in [6.07, 6.45) is 5.19. The van der Waals surface area contributed by atoms with Gasteiger partial charge in [0.25, 0.3) is 0 Å². The van der Waals surface area contributed by atoms with E-state index in [0.29, 0.717) is 12.0 Å². The molecule has 0 N–H and O–H groups in total. The molecule has 0 aromatic heterocycles. The van der Waals surface area contributed by atoms with E-state index in [4.69, 9.17) is 0 Å². The molecule has 3 rings (SSSR count). The summed E-state index contributed by atoms with van der Waals surface area (Å²) in [6, 6.07) is 9.21. The second kappa shape index (κ2) is 6.26. The molecule has 0 unspecified atom stereocenters. The van der Waals surface area contributed by atoms with Gasteiger partial charge in [-0.2, -0.15) is 0 Å². The van der Waals surface area contributed by atoms with E-state index < -0.39 is 26.4 Å². The molecule has 6 heteroatoms. The standard InChI is InChI=1S/C18H13BrF2O2S/c1-24(22,23)18-10-16(20)15(9-17(18)21)14-4-2-3-13(14)11-5-7-12(19)8-6-11/h3-10H,2H2,1H3. The molecule has 0 bridgehead atoms. The summed E-state index contributed by atoms with van der Waals surface area (Å²) >= 11 is 3.36. The highest BCUT2D eigenvalue weighted by atomic mass is 79.9. The zero-order valence-corrected chi connectivity index (χ0v) is 15.1. The summed E-state index contributed by atoms with van der Waals surface area (Å²) in [6.45, 7) is 0. The van der Waals surface area contributed by atoms with Crippen LogP contribution in [0.2, 0.25) is 0 Å². The van der Waals surface area contributed by atoms with E-state index >= 15 is 0 Å². The second-order valence-corrected chi connectivity index (χ2v) is 8.41. The molecule has 2 nitrogen and oxygen atoms in total. The molecule has 2 aromatic carbocycles. The minimum absolute atomic E-state index is 0.0616. The molecule has 0 amide bonds. The van der Waals surface area contributed by atoms with Crippen LogP contribution in [0.15, 0.2) is 57.9 Å². The number of hydrogen-bond acceptors (Lipinski definition) is 2. The molecule has 124 valence electrons. The lowest BCUT2D eigenvalue weighted by Gasteiger charge is -2.12. The van der Waals surface area contributed by atoms with Crippen molar-refractivity contribution < 1.29 is 17.2 Å². The monoisotopic (exact) mass is 410 g/mol. The molecule has 1 aliphatic rings. The topological polar surface area (TPSA) is 34.1 Å². The van der Waals surface area contributed by atoms with Gasteiger partial charge < -0.3 is 0 Å². The number of allylic oxidation sites excluding steroid dienone is 4. The molecule has 0 atom stereocenters. The van der Waals surface area contributed by atoms with Crippen LogP contribution in [0.3, 0.4) is 0 Å². The number of benzene rings is 2. The minimum Gasteiger partial charge on any atom is -0.224 e. The molecule has 0 saturated heterocycles. The molecule has 0 radical (unpaired) electrons. The van der Waals surface area contributed by atoms with Gasteiger partial charge in [-0.05, 0) is 47.4 Å². The third-order valence-corrected chi connectivity index (χ3v) is 5.44. The third-order valence-electron chi connectivity index (χ3n) is 3.80. The van der Waals surface area contributed by atoms with E-state index in [0.717, 1.165) is 34.0 Å². The van der Waals surface area contributed by atoms with Gasteiger partial charge in [-0.1, -0.05) is 40.2 Å². The van der Waals surface area contributed by atoms with Gasteiger partial charge in [0.2, 0.25) is 0 Å². The SMILES string of the molecule is CS(=O)(=O)c1cc(F)c(C2=CCC=C2c2ccc(Br)cc2)cc1F. The third kappa shape index (κ3) is 3.21. The van der Waals surface area contributed by atoms with Gasteiger partial charge in [0.15, 0.2) is 9.84 Å². The number of sulfone groups is 1. The van der Waals surface area contributed by atoms with Gasteiger partial charge >= 0.3 is 0 Å². The van der Waals surface area contributed by atoms with Crippen LogP contribution >= 0.6 is 15.9 Å². The van der Waals surface area contributed by atoms with Crippen LogP contribution in [-0.2, 0) is 9.84 Å². The average molecular weight is 411 g/mol. The lowest BCUT2D eigenvalue weighted by Crippen LogP contribution is -2.04. The first-order valence-corrected chi connectivity index (χ1v) is 9.82. The summed E-state index contributed by atoms with van der Waals surface area (Å²) in [7, 11) is -3.82. The van der Waals surface area contributed by atoms with Crippen molar-refractivity contribution in [2.24, 2.45) is 0 Å². The zero-order valence-electron chi connectivity index (χ0n) is 12.7. The fourth-order valence-corrected chi connectivity index (χ4v) is 3.69. The van der Waals surface area contributed by atoms with Crippen molar-refractivity contribution in [3.63, 3.8) is 0 Å². The molecule has 0 saturated carbocycles. The van der Waals surface area contributed by atoms with E-state index in [1.54, 1.807) is 6.08 Å². The van der Waals surface area contributed by atoms with Gasteiger partial charge in [-0.15, -0.1) is 0 Å². The molecule has 1 aliphatic carbocycles. The molecule has 24 heavy (non-hydrogen) atoms. The van der Waals surface area contributed by atoms with Crippen molar-refractivity contribution >= 4 is 36.9 Å². The van der Waals surface area contributed by atoms with Gasteiger partial charge in [0, 0.05) is 16.3 Å². The van der Waals surface area contributed by atoms with Gasteiger partial charge in [-0.3, -0.25) is 0 Å². The quantitative estimate of drug-likeness (QED) is 0.713. The van der Waals surface area contributed by atoms with Crippen molar-refractivity contribution in [2.45, 2.75) is 11.3 Å². The first-order chi connectivity index (χ1) is 11.3. The van der Waals surface area contributed by atoms with Crippen molar-refractivity contribution in [3.8, 4) is 0 Å². The molecule has 0 fully saturated rings. The Morgan fingerprint density at radius 1 is 0.958 bits per heavy atom. The summed E-state index contributed by atoms with van der Waals surface area (Å²) in [5, 5.41) is 0. The Balaban J connectivity index is 2.08. The summed E-state index contributed by atoms with van der Waals surface area (Å²) in [4.78, 5) is -0.628. The van der Waals surface area contributed by atoms with Crippen LogP contribution in [0, 0.1) is 11.6 Å². The Morgan fingerprint density at radius 2 is 1.58 bits per heavy atom. The summed E-state index contributed by atoms with van der Waals surface area (Å²) < 4.78 is 52.6. The van der Waals surface area contributed by atoms with Crippen LogP contribution < -0.4 is 0 Å². The predicted molar refractivity (Wildman–Crippen MR) is 94.2 cm³/mol. The van der Waals surface area contributed by atoms with Crippen molar-refractivity contribution in [2.75, 3.05) is 6.26 Å². The van der Waals surface area contributed by atoms with Crippen LogP contribution in [-0.4, -0.2) is 14.7 Å². The largest absolute Gasteiger partial charge is 0.224 e. The van der Waals surface area contributed by atoms with E-state index in [-0.39, 0.29) is 5.56 Å². The van der Waals surface area contributed by atoms with Crippen LogP contribution in [0.1, 0.15) is 17.5 Å². The van der Waals surface area contributed by atoms with Gasteiger partial charge in [0.1, 0.15) is 16.5 Å². The van der Waals surface area contributed by atoms with Gasteiger partial charge in [0.05, 0.1) is 0 Å². The molecule has 2 aromatic rings. The van der Waals surface area contributed by atoms with Gasteiger partial charge in [-0.25, -0.2) is 17.2 Å². The number of halogens is 3. The van der Waals surface area contributed by atoms with Crippen molar-refractivity contribution in [1.29, 1.82) is 0 Å². The normalized spacial score (nSPS) is 14.5. The van der Waals surface area contributed by atoms with E-state index in [9.17, 15) is 17.2 Å². The Kier molecular flexibility index (Phi) is 4.44. The molecule has 0 aliphatic heterocycles. The molecule has 0 heterocycles. The average Bonchev–Trinajstić information content (AvgIpc) is 2.98. The van der Waals surface area contributed by atoms with Crippen molar-refractivity contribution in [1.82, 2.24) is 0 Å². The smallest absolute Gasteiger partial charge is 0.178 e. The second-order valence-electron chi connectivity index (χ2n) is 5.51. The highest BCUT2D eigenvalue weighted by Gasteiger charge is 2.22. The lowest BCUT2D eigenvalue weighted by molar-refractivity contribution is 0.554. The highest BCUT2D eigenvalue weighted by Crippen LogP contribution is 2.38. The number of hydrogen-bond donors (Lipinski definition) is 0. The van der Waals surface area contributed by atoms with Crippen molar-refractivity contribution in [3.05, 3.63) is 75.8 Å². The van der Waals surface area contributed by atoms with E-state index in [2.05, 4.69) is 15.9 Å². The Morgan fingerprint density at radius 3 is 2.21 bits per heavy atom. The first kappa shape index (κ1) is 17.0. The zero-order chi connectivity index (χ0) is 17.5. The molecule has 0 spiro atoms. The maximum Gasteiger partial charge on any atom is 0.178 e. The Labute approximate surface area is 147 Å². The van der Waals surface area contributed by atoms with E-state index in [1.807, 2.05) is 30.3 Å². The molecular formula is C18H13BrF2O2S.